The molecule has 0 spiro atoms. The predicted octanol–water partition coefficient (Wildman–Crippen LogP) is 1.37. The molecule has 2 nitrogen and oxygen atoms in total. The number of rotatable bonds is 1. The molecule has 0 aromatic heterocycles. The Morgan fingerprint density at radius 3 is 2.82 bits per heavy atom. The van der Waals surface area contributed by atoms with Crippen molar-refractivity contribution in [2.75, 3.05) is 13.1 Å². The molecule has 1 aliphatic rings. The van der Waals surface area contributed by atoms with Crippen molar-refractivity contribution in [1.82, 2.24) is 10.2 Å². The first-order chi connectivity index (χ1) is 5.22. The van der Waals surface area contributed by atoms with Crippen molar-refractivity contribution in [3.63, 3.8) is 0 Å². The van der Waals surface area contributed by atoms with Gasteiger partial charge in [0.1, 0.15) is 0 Å². The van der Waals surface area contributed by atoms with E-state index in [1.807, 2.05) is 0 Å². The second-order valence-electron chi connectivity index (χ2n) is 3.23. The molecule has 0 aromatic rings. The molecule has 11 heavy (non-hydrogen) atoms. The summed E-state index contributed by atoms with van der Waals surface area (Å²) in [6, 6.07) is 0.535. The van der Waals surface area contributed by atoms with Crippen LogP contribution in [0.15, 0.2) is 0 Å². The van der Waals surface area contributed by atoms with E-state index in [1.54, 1.807) is 0 Å². The van der Waals surface area contributed by atoms with Gasteiger partial charge in [-0.3, -0.25) is 0 Å². The molecule has 1 N–H and O–H groups in total. The molecule has 0 amide bonds. The average molecular weight is 172 g/mol. The molecular formula is C8H16N2S. The minimum Gasteiger partial charge on any atom is -0.363 e. The van der Waals surface area contributed by atoms with Gasteiger partial charge in [0.05, 0.1) is 0 Å². The summed E-state index contributed by atoms with van der Waals surface area (Å²) < 4.78 is 0. The fraction of sp³-hybridized carbons (Fsp3) is 0.875. The monoisotopic (exact) mass is 172 g/mol. The summed E-state index contributed by atoms with van der Waals surface area (Å²) in [5.74, 6) is 0. The summed E-state index contributed by atoms with van der Waals surface area (Å²) in [5.41, 5.74) is 0. The Morgan fingerprint density at radius 2 is 2.18 bits per heavy atom. The Hall–Kier alpha value is -0.310. The SMILES string of the molecule is CC(C)N1CCCCNC1=S. The summed E-state index contributed by atoms with van der Waals surface area (Å²) in [5, 5.41) is 4.16. The number of hydrogen-bond acceptors (Lipinski definition) is 1. The third-order valence-electron chi connectivity index (χ3n) is 1.99. The lowest BCUT2D eigenvalue weighted by Crippen LogP contribution is -2.42. The van der Waals surface area contributed by atoms with E-state index in [4.69, 9.17) is 12.2 Å². The van der Waals surface area contributed by atoms with Crippen molar-refractivity contribution in [3.8, 4) is 0 Å². The molecular weight excluding hydrogens is 156 g/mol. The zero-order chi connectivity index (χ0) is 8.27. The molecule has 1 rings (SSSR count). The highest BCUT2D eigenvalue weighted by atomic mass is 32.1. The van der Waals surface area contributed by atoms with Gasteiger partial charge in [-0.05, 0) is 38.9 Å². The van der Waals surface area contributed by atoms with Gasteiger partial charge in [0.2, 0.25) is 0 Å². The third kappa shape index (κ3) is 2.33. The fourth-order valence-electron chi connectivity index (χ4n) is 1.30. The van der Waals surface area contributed by atoms with Crippen molar-refractivity contribution >= 4 is 17.3 Å². The van der Waals surface area contributed by atoms with Crippen molar-refractivity contribution in [2.45, 2.75) is 32.7 Å². The van der Waals surface area contributed by atoms with E-state index in [0.717, 1.165) is 18.2 Å². The van der Waals surface area contributed by atoms with Crippen LogP contribution in [0.5, 0.6) is 0 Å². The highest BCUT2D eigenvalue weighted by molar-refractivity contribution is 7.80. The predicted molar refractivity (Wildman–Crippen MR) is 51.7 cm³/mol. The topological polar surface area (TPSA) is 15.3 Å². The lowest BCUT2D eigenvalue weighted by atomic mass is 10.3. The van der Waals surface area contributed by atoms with Gasteiger partial charge >= 0.3 is 0 Å². The molecule has 0 aliphatic carbocycles. The zero-order valence-electron chi connectivity index (χ0n) is 7.26. The molecule has 1 heterocycles. The van der Waals surface area contributed by atoms with Crippen molar-refractivity contribution in [3.05, 3.63) is 0 Å². The minimum absolute atomic E-state index is 0.535. The Bertz CT molecular complexity index is 145. The van der Waals surface area contributed by atoms with Gasteiger partial charge < -0.3 is 10.2 Å². The van der Waals surface area contributed by atoms with Crippen LogP contribution in [-0.2, 0) is 0 Å². The summed E-state index contributed by atoms with van der Waals surface area (Å²) in [6.45, 7) is 6.52. The van der Waals surface area contributed by atoms with Gasteiger partial charge in [-0.1, -0.05) is 0 Å². The summed E-state index contributed by atoms with van der Waals surface area (Å²) in [7, 11) is 0. The molecule has 1 aliphatic heterocycles. The molecule has 0 aromatic carbocycles. The lowest BCUT2D eigenvalue weighted by Gasteiger charge is -2.26. The standard InChI is InChI=1S/C8H16N2S/c1-7(2)10-6-4-3-5-9-8(10)11/h7H,3-6H2,1-2H3,(H,9,11). The number of nitrogens with zero attached hydrogens (tertiary/aromatic N) is 1. The number of hydrogen-bond donors (Lipinski definition) is 1. The van der Waals surface area contributed by atoms with E-state index < -0.39 is 0 Å². The van der Waals surface area contributed by atoms with Crippen LogP contribution in [0.4, 0.5) is 0 Å². The number of thiocarbonyl (C=S) groups is 1. The molecule has 64 valence electrons. The number of nitrogens with one attached hydrogen (secondary N) is 1. The smallest absolute Gasteiger partial charge is 0.169 e. The Morgan fingerprint density at radius 1 is 1.45 bits per heavy atom. The minimum atomic E-state index is 0.535. The van der Waals surface area contributed by atoms with Crippen molar-refractivity contribution in [1.29, 1.82) is 0 Å². The van der Waals surface area contributed by atoms with E-state index in [1.165, 1.54) is 12.8 Å². The van der Waals surface area contributed by atoms with Gasteiger partial charge in [0.15, 0.2) is 5.11 Å². The Labute approximate surface area is 74.0 Å². The first-order valence-corrected chi connectivity index (χ1v) is 4.67. The van der Waals surface area contributed by atoms with Crippen LogP contribution in [0.3, 0.4) is 0 Å². The average Bonchev–Trinajstić information content (AvgIpc) is 2.13. The molecule has 0 atom stereocenters. The molecule has 1 fully saturated rings. The Kier molecular flexibility index (Phi) is 3.12. The van der Waals surface area contributed by atoms with Crippen LogP contribution in [0.25, 0.3) is 0 Å². The quantitative estimate of drug-likeness (QED) is 0.601. The van der Waals surface area contributed by atoms with E-state index in [2.05, 4.69) is 24.1 Å². The zero-order valence-corrected chi connectivity index (χ0v) is 8.08. The summed E-state index contributed by atoms with van der Waals surface area (Å²) in [6.07, 6.45) is 2.49. The van der Waals surface area contributed by atoms with Gasteiger partial charge in [0.25, 0.3) is 0 Å². The summed E-state index contributed by atoms with van der Waals surface area (Å²) >= 11 is 5.20. The second kappa shape index (κ2) is 3.90. The molecule has 0 saturated carbocycles. The largest absolute Gasteiger partial charge is 0.363 e. The van der Waals surface area contributed by atoms with Crippen LogP contribution >= 0.6 is 12.2 Å². The third-order valence-corrected chi connectivity index (χ3v) is 2.37. The first kappa shape index (κ1) is 8.78. The lowest BCUT2D eigenvalue weighted by molar-refractivity contribution is 0.351. The summed E-state index contributed by atoms with van der Waals surface area (Å²) in [4.78, 5) is 2.25. The highest BCUT2D eigenvalue weighted by Crippen LogP contribution is 2.05. The van der Waals surface area contributed by atoms with Crippen LogP contribution in [0.2, 0.25) is 0 Å². The van der Waals surface area contributed by atoms with E-state index in [-0.39, 0.29) is 0 Å². The van der Waals surface area contributed by atoms with Crippen LogP contribution < -0.4 is 5.32 Å². The maximum atomic E-state index is 5.20. The highest BCUT2D eigenvalue weighted by Gasteiger charge is 2.14. The van der Waals surface area contributed by atoms with Gasteiger partial charge in [-0.15, -0.1) is 0 Å². The second-order valence-corrected chi connectivity index (χ2v) is 3.61. The Balaban J connectivity index is 2.52. The van der Waals surface area contributed by atoms with Crippen LogP contribution in [-0.4, -0.2) is 29.1 Å². The van der Waals surface area contributed by atoms with Gasteiger partial charge in [-0.25, -0.2) is 0 Å². The molecule has 0 unspecified atom stereocenters. The van der Waals surface area contributed by atoms with Gasteiger partial charge in [-0.2, -0.15) is 0 Å². The first-order valence-electron chi connectivity index (χ1n) is 4.26. The van der Waals surface area contributed by atoms with Crippen LogP contribution in [0.1, 0.15) is 26.7 Å². The molecule has 1 saturated heterocycles. The fourth-order valence-corrected chi connectivity index (χ4v) is 1.70. The maximum absolute atomic E-state index is 5.20. The molecule has 3 heteroatoms. The normalized spacial score (nSPS) is 19.9. The van der Waals surface area contributed by atoms with E-state index in [0.29, 0.717) is 6.04 Å². The van der Waals surface area contributed by atoms with Crippen molar-refractivity contribution in [2.24, 2.45) is 0 Å². The molecule has 0 radical (unpaired) electrons. The molecule has 0 bridgehead atoms. The van der Waals surface area contributed by atoms with Crippen LogP contribution in [0, 0.1) is 0 Å². The van der Waals surface area contributed by atoms with E-state index in [9.17, 15) is 0 Å². The van der Waals surface area contributed by atoms with E-state index >= 15 is 0 Å². The van der Waals surface area contributed by atoms with Crippen molar-refractivity contribution < 1.29 is 0 Å². The van der Waals surface area contributed by atoms with Gasteiger partial charge in [0, 0.05) is 19.1 Å². The maximum Gasteiger partial charge on any atom is 0.169 e.